The van der Waals surface area contributed by atoms with Gasteiger partial charge in [-0.25, -0.2) is 9.59 Å². The highest BCUT2D eigenvalue weighted by molar-refractivity contribution is 6.03. The largest absolute Gasteiger partial charge is 0.445 e. The van der Waals surface area contributed by atoms with Gasteiger partial charge in [-0.05, 0) is 92.4 Å². The SMILES string of the molecule is CC[C@H](C)[C@@H]([C@@H](CC(=O)N1CCC[C@H]1[C@H](OC)[C@@H](C)C(=O)N[C@H](C)[C@@H](O)c1ccccc1)OC)N(C)C(=O)[C@@H](CC(=O)[C@H](C(C)C)N(C)C(=O)OCc1ccc(NC(=O)[C@H](CCCNC(N)=O)CC(=O)[C@@H](NC(=O)CCCCCN2C(=O)CC(C)C2=O)C(C)C)cc1)C(C)C. The fourth-order valence-electron chi connectivity index (χ4n) is 13.1. The summed E-state index contributed by atoms with van der Waals surface area (Å²) in [5.74, 6) is -6.50. The summed E-state index contributed by atoms with van der Waals surface area (Å²) >= 11 is 0. The molecule has 530 valence electrons. The number of methoxy groups -OCH3 is 2. The van der Waals surface area contributed by atoms with Crippen LogP contribution in [0.25, 0.3) is 0 Å². The predicted molar refractivity (Wildman–Crippen MR) is 360 cm³/mol. The zero-order valence-electron chi connectivity index (χ0n) is 59.0. The summed E-state index contributed by atoms with van der Waals surface area (Å²) < 4.78 is 17.8. The highest BCUT2D eigenvalue weighted by atomic mass is 16.6. The Morgan fingerprint density at radius 2 is 1.42 bits per heavy atom. The van der Waals surface area contributed by atoms with Gasteiger partial charge in [0.15, 0.2) is 11.6 Å². The normalized spacial score (nSPS) is 18.4. The van der Waals surface area contributed by atoms with Crippen LogP contribution in [0.4, 0.5) is 15.3 Å². The maximum absolute atomic E-state index is 14.9. The first-order chi connectivity index (χ1) is 44.9. The molecule has 2 aromatic rings. The van der Waals surface area contributed by atoms with E-state index in [-0.39, 0.29) is 128 Å². The Morgan fingerprint density at radius 3 is 1.99 bits per heavy atom. The number of hydrogen-bond acceptors (Lipinski definition) is 15. The molecule has 2 aromatic carbocycles. The summed E-state index contributed by atoms with van der Waals surface area (Å²) in [5, 5.41) is 22.1. The number of carbonyl (C=O) groups is 11. The van der Waals surface area contributed by atoms with Gasteiger partial charge in [-0.2, -0.15) is 0 Å². The van der Waals surface area contributed by atoms with E-state index in [9.17, 15) is 57.8 Å². The number of amides is 10. The van der Waals surface area contributed by atoms with Gasteiger partial charge in [-0.15, -0.1) is 0 Å². The van der Waals surface area contributed by atoms with E-state index in [0.717, 1.165) is 0 Å². The number of aliphatic hydroxyl groups excluding tert-OH is 1. The van der Waals surface area contributed by atoms with Crippen molar-refractivity contribution in [2.45, 2.75) is 215 Å². The van der Waals surface area contributed by atoms with E-state index < -0.39 is 84.3 Å². The Morgan fingerprint density at radius 1 is 0.758 bits per heavy atom. The van der Waals surface area contributed by atoms with Gasteiger partial charge in [0, 0.05) is 97.1 Å². The number of nitrogens with two attached hydrogens (primary N) is 1. The smallest absolute Gasteiger partial charge is 0.410 e. The Kier molecular flexibility index (Phi) is 32.9. The Hall–Kier alpha value is -7.31. The minimum absolute atomic E-state index is 0.0691. The minimum atomic E-state index is -0.969. The standard InChI is InChI=1S/C71H111N9O15/c1-16-45(8)63(57(93-14)40-60(85)79-36-24-28-54(79)65(94-15)47(10)66(87)74-48(11)64(86)50-25-19-17-20-26-50)77(12)69(90)53(42(2)3)39-56(82)62(44(6)7)78(13)71(92)95-41-49-30-32-52(33-31-49)75-67(88)51(27-23-34-73-70(72)91)38-55(81)61(43(4)5)76-58(83)29-21-18-22-35-80-59(84)37-46(9)68(80)89/h17,19-20,25-26,30-33,42-48,51,53-54,57,61-65,86H,16,18,21-24,27-29,34-41H2,1-15H3,(H,74,87)(H,75,88)(H,76,83)(H3,72,73,91)/t45-,46?,47+,48+,51+,53-,54-,57+,61-,62-,63-,64+,65+/m0/s1. The molecule has 24 nitrogen and oxygen atoms in total. The van der Waals surface area contributed by atoms with Crippen molar-refractivity contribution in [3.63, 3.8) is 0 Å². The van der Waals surface area contributed by atoms with Gasteiger partial charge in [-0.3, -0.25) is 48.1 Å². The molecule has 2 heterocycles. The Bertz CT molecular complexity index is 2870. The fraction of sp³-hybridized carbons (Fsp3) is 0.676. The van der Waals surface area contributed by atoms with Crippen molar-refractivity contribution in [2.75, 3.05) is 53.3 Å². The molecule has 0 bridgehead atoms. The topological polar surface area (TPSA) is 323 Å². The number of nitrogens with zero attached hydrogens (tertiary/aromatic N) is 4. The Labute approximate surface area is 562 Å². The summed E-state index contributed by atoms with van der Waals surface area (Å²) in [6.45, 7) is 20.9. The van der Waals surface area contributed by atoms with Crippen molar-refractivity contribution in [1.82, 2.24) is 35.6 Å². The lowest BCUT2D eigenvalue weighted by Crippen LogP contribution is -2.55. The first-order valence-corrected chi connectivity index (χ1v) is 34.1. The number of hydrogen-bond donors (Lipinski definition) is 6. The number of benzene rings is 2. The van der Waals surface area contributed by atoms with Crippen LogP contribution in [0.2, 0.25) is 0 Å². The molecule has 10 amide bonds. The number of urea groups is 1. The van der Waals surface area contributed by atoms with Crippen LogP contribution >= 0.6 is 0 Å². The quantitative estimate of drug-likeness (QED) is 0.0275. The van der Waals surface area contributed by atoms with Crippen LogP contribution in [0.1, 0.15) is 177 Å². The van der Waals surface area contributed by atoms with Crippen LogP contribution in [0.15, 0.2) is 54.6 Å². The molecule has 0 saturated carbocycles. The second-order valence-corrected chi connectivity index (χ2v) is 27.2. The third kappa shape index (κ3) is 23.5. The number of carbonyl (C=O) groups excluding carboxylic acids is 11. The van der Waals surface area contributed by atoms with Gasteiger partial charge in [-0.1, -0.05) is 125 Å². The zero-order chi connectivity index (χ0) is 71.0. The van der Waals surface area contributed by atoms with Crippen molar-refractivity contribution in [3.05, 3.63) is 65.7 Å². The number of unbranched alkanes of at least 4 members (excludes halogenated alkanes) is 2. The third-order valence-corrected chi connectivity index (χ3v) is 19.0. The zero-order valence-corrected chi connectivity index (χ0v) is 59.0. The van der Waals surface area contributed by atoms with Crippen LogP contribution in [0.3, 0.4) is 0 Å². The number of ketones is 2. The summed E-state index contributed by atoms with van der Waals surface area (Å²) in [4.78, 5) is 154. The Balaban J connectivity index is 1.37. The monoisotopic (exact) mass is 1330 g/mol. The molecule has 4 rings (SSSR count). The molecule has 7 N–H and O–H groups in total. The van der Waals surface area contributed by atoms with Crippen molar-refractivity contribution < 1.29 is 72.1 Å². The van der Waals surface area contributed by atoms with Gasteiger partial charge < -0.3 is 61.0 Å². The average molecular weight is 1330 g/mol. The molecule has 2 aliphatic heterocycles. The molecule has 0 aliphatic carbocycles. The lowest BCUT2D eigenvalue weighted by atomic mass is 9.83. The van der Waals surface area contributed by atoms with Gasteiger partial charge in [0.2, 0.25) is 41.4 Å². The van der Waals surface area contributed by atoms with E-state index in [2.05, 4.69) is 21.3 Å². The number of likely N-dealkylation sites (N-methyl/N-ethyl adjacent to an activating group) is 2. The molecule has 0 aromatic heterocycles. The van der Waals surface area contributed by atoms with E-state index in [1.54, 1.807) is 87.9 Å². The van der Waals surface area contributed by atoms with Crippen LogP contribution in [0.5, 0.6) is 0 Å². The minimum Gasteiger partial charge on any atom is -0.445 e. The summed E-state index contributed by atoms with van der Waals surface area (Å²) in [6.07, 6.45) is 0.842. The van der Waals surface area contributed by atoms with Crippen molar-refractivity contribution in [1.29, 1.82) is 0 Å². The number of Topliss-reactive ketones (excluding diaryl/α,β-unsaturated/α-hetero) is 2. The lowest BCUT2D eigenvalue weighted by molar-refractivity contribution is -0.149. The second kappa shape index (κ2) is 39.0. The van der Waals surface area contributed by atoms with Crippen molar-refractivity contribution in [2.24, 2.45) is 53.1 Å². The molecular weight excluding hydrogens is 1220 g/mol. The van der Waals surface area contributed by atoms with Gasteiger partial charge >= 0.3 is 12.1 Å². The first kappa shape index (κ1) is 80.1. The second-order valence-electron chi connectivity index (χ2n) is 27.2. The van der Waals surface area contributed by atoms with Crippen LogP contribution in [0, 0.1) is 47.3 Å². The van der Waals surface area contributed by atoms with Crippen LogP contribution in [-0.2, 0) is 64.0 Å². The van der Waals surface area contributed by atoms with Crippen molar-refractivity contribution >= 4 is 70.7 Å². The van der Waals surface area contributed by atoms with Gasteiger partial charge in [0.05, 0.1) is 60.9 Å². The van der Waals surface area contributed by atoms with E-state index in [4.69, 9.17) is 19.9 Å². The summed E-state index contributed by atoms with van der Waals surface area (Å²) in [6, 6.07) is 11.4. The number of nitrogens with one attached hydrogen (secondary N) is 4. The predicted octanol–water partition coefficient (Wildman–Crippen LogP) is 7.73. The number of aliphatic hydroxyl groups is 1. The van der Waals surface area contributed by atoms with Gasteiger partial charge in [0.25, 0.3) is 0 Å². The number of anilines is 1. The number of likely N-dealkylation sites (tertiary alicyclic amines) is 2. The maximum Gasteiger partial charge on any atom is 0.410 e. The van der Waals surface area contributed by atoms with E-state index in [0.29, 0.717) is 74.8 Å². The average Bonchev–Trinajstić information content (AvgIpc) is 1.78. The van der Waals surface area contributed by atoms with E-state index in [1.165, 1.54) is 31.1 Å². The van der Waals surface area contributed by atoms with Gasteiger partial charge in [0.1, 0.15) is 6.61 Å². The highest BCUT2D eigenvalue weighted by Crippen LogP contribution is 2.32. The molecule has 1 unspecified atom stereocenters. The third-order valence-electron chi connectivity index (χ3n) is 19.0. The summed E-state index contributed by atoms with van der Waals surface area (Å²) in [5.41, 5.74) is 6.89. The molecule has 13 atom stereocenters. The fourth-order valence-corrected chi connectivity index (χ4v) is 13.1. The van der Waals surface area contributed by atoms with Crippen LogP contribution < -0.4 is 27.0 Å². The summed E-state index contributed by atoms with van der Waals surface area (Å²) in [7, 11) is 6.20. The molecule has 24 heteroatoms. The molecule has 2 aliphatic rings. The van der Waals surface area contributed by atoms with E-state index in [1.807, 2.05) is 59.7 Å². The van der Waals surface area contributed by atoms with Crippen LogP contribution in [-0.4, -0.2) is 180 Å². The number of ether oxygens (including phenoxy) is 3. The van der Waals surface area contributed by atoms with E-state index >= 15 is 0 Å². The first-order valence-electron chi connectivity index (χ1n) is 34.1. The number of imide groups is 1. The van der Waals surface area contributed by atoms with Crippen molar-refractivity contribution in [3.8, 4) is 0 Å². The maximum atomic E-state index is 14.9. The lowest BCUT2D eigenvalue weighted by Gasteiger charge is -2.41. The molecular formula is C71H111N9O15. The number of rotatable bonds is 40. The molecule has 0 spiro atoms. The molecule has 0 radical (unpaired) electrons. The highest BCUT2D eigenvalue weighted by Gasteiger charge is 2.44. The molecule has 2 fully saturated rings. The molecule has 95 heavy (non-hydrogen) atoms. The number of primary amides is 1. The molecule has 2 saturated heterocycles.